The lowest BCUT2D eigenvalue weighted by Crippen LogP contribution is -2.47. The van der Waals surface area contributed by atoms with Crippen molar-refractivity contribution < 1.29 is 24.1 Å². The van der Waals surface area contributed by atoms with E-state index >= 15 is 4.39 Å². The molecule has 1 aromatic carbocycles. The molecule has 3 aliphatic heterocycles. The highest BCUT2D eigenvalue weighted by atomic mass is 19.1. The zero-order valence-corrected chi connectivity index (χ0v) is 19.0. The molecule has 0 bridgehead atoms. The third kappa shape index (κ3) is 4.05. The summed E-state index contributed by atoms with van der Waals surface area (Å²) in [6.45, 7) is 1.44. The topological polar surface area (TPSA) is 80.7 Å². The smallest absolute Gasteiger partial charge is 0.207 e. The third-order valence-electron chi connectivity index (χ3n) is 6.88. The van der Waals surface area contributed by atoms with Crippen molar-refractivity contribution in [2.75, 3.05) is 34.1 Å². The van der Waals surface area contributed by atoms with Crippen LogP contribution in [0, 0.1) is 5.82 Å². The summed E-state index contributed by atoms with van der Waals surface area (Å²) in [6, 6.07) is 1.57. The van der Waals surface area contributed by atoms with Crippen molar-refractivity contribution >= 4 is 0 Å². The van der Waals surface area contributed by atoms with E-state index in [2.05, 4.69) is 15.1 Å². The number of ether oxygens (including phenoxy) is 2. The Labute approximate surface area is 193 Å². The standard InChI is InChI=1S/C24H31FN4O4/c1-27-8-9-28(13-27)20-7-6-15(12-26-20)10-16-11-17-23(21(25)22(16)32-2)33-14-29(24(17)31)18-4-3-5-19(18)30/h6-9,11,18-19,24,26,30-31H,3-5,10,12-14H2,1-2H3/t18-,19-,24?/m0/s1. The number of hydrogen-bond acceptors (Lipinski definition) is 8. The zero-order chi connectivity index (χ0) is 23.1. The van der Waals surface area contributed by atoms with E-state index in [0.717, 1.165) is 30.9 Å². The van der Waals surface area contributed by atoms with Gasteiger partial charge in [-0.2, -0.15) is 4.39 Å². The normalized spacial score (nSPS) is 27.1. The van der Waals surface area contributed by atoms with E-state index in [1.54, 1.807) is 11.0 Å². The maximum Gasteiger partial charge on any atom is 0.207 e. The van der Waals surface area contributed by atoms with E-state index in [1.165, 1.54) is 7.11 Å². The minimum atomic E-state index is -1.05. The van der Waals surface area contributed by atoms with Gasteiger partial charge < -0.3 is 34.8 Å². The van der Waals surface area contributed by atoms with Gasteiger partial charge >= 0.3 is 0 Å². The average molecular weight is 459 g/mol. The van der Waals surface area contributed by atoms with Crippen molar-refractivity contribution in [3.8, 4) is 11.5 Å². The van der Waals surface area contributed by atoms with Crippen molar-refractivity contribution in [2.45, 2.75) is 44.1 Å². The molecule has 0 radical (unpaired) electrons. The first kappa shape index (κ1) is 22.1. The van der Waals surface area contributed by atoms with Gasteiger partial charge in [0.15, 0.2) is 11.5 Å². The zero-order valence-electron chi connectivity index (χ0n) is 19.0. The Morgan fingerprint density at radius 2 is 2.09 bits per heavy atom. The summed E-state index contributed by atoms with van der Waals surface area (Å²) in [7, 11) is 3.46. The Kier molecular flexibility index (Phi) is 5.94. The molecule has 3 heterocycles. The number of fused-ring (bicyclic) bond motifs is 1. The van der Waals surface area contributed by atoms with Gasteiger partial charge in [-0.15, -0.1) is 0 Å². The fourth-order valence-corrected chi connectivity index (χ4v) is 5.12. The number of halogens is 1. The molecule has 4 aliphatic rings. The second kappa shape index (κ2) is 8.89. The maximum atomic E-state index is 15.3. The summed E-state index contributed by atoms with van der Waals surface area (Å²) in [6.07, 6.45) is 9.38. The first-order valence-electron chi connectivity index (χ1n) is 11.4. The van der Waals surface area contributed by atoms with Gasteiger partial charge in [-0.1, -0.05) is 6.08 Å². The van der Waals surface area contributed by atoms with Gasteiger partial charge in [0.05, 0.1) is 19.9 Å². The van der Waals surface area contributed by atoms with Crippen molar-refractivity contribution in [1.82, 2.24) is 20.0 Å². The Balaban J connectivity index is 1.40. The molecule has 8 nitrogen and oxygen atoms in total. The van der Waals surface area contributed by atoms with Gasteiger partial charge in [-0.3, -0.25) is 0 Å². The van der Waals surface area contributed by atoms with Crippen LogP contribution in [0.5, 0.6) is 11.5 Å². The maximum absolute atomic E-state index is 15.3. The molecular weight excluding hydrogens is 427 g/mol. The fourth-order valence-electron chi connectivity index (χ4n) is 5.12. The molecule has 33 heavy (non-hydrogen) atoms. The van der Waals surface area contributed by atoms with Crippen molar-refractivity contribution in [3.63, 3.8) is 0 Å². The molecule has 3 N–H and O–H groups in total. The molecule has 1 saturated carbocycles. The number of allylic oxidation sites excluding steroid dienone is 2. The molecule has 1 aromatic rings. The number of methoxy groups -OCH3 is 1. The van der Waals surface area contributed by atoms with Crippen LogP contribution in [-0.4, -0.2) is 71.2 Å². The highest BCUT2D eigenvalue weighted by molar-refractivity contribution is 5.51. The molecule has 1 fully saturated rings. The van der Waals surface area contributed by atoms with Crippen LogP contribution in [0.15, 0.2) is 42.0 Å². The van der Waals surface area contributed by atoms with Crippen molar-refractivity contribution in [2.24, 2.45) is 0 Å². The highest BCUT2D eigenvalue weighted by Gasteiger charge is 2.40. The minimum Gasteiger partial charge on any atom is -0.493 e. The van der Waals surface area contributed by atoms with Crippen LogP contribution >= 0.6 is 0 Å². The van der Waals surface area contributed by atoms with E-state index in [1.807, 2.05) is 31.6 Å². The quantitative estimate of drug-likeness (QED) is 0.618. The van der Waals surface area contributed by atoms with E-state index in [0.29, 0.717) is 30.5 Å². The summed E-state index contributed by atoms with van der Waals surface area (Å²) in [5.41, 5.74) is 2.10. The van der Waals surface area contributed by atoms with Gasteiger partial charge in [0.1, 0.15) is 18.8 Å². The number of nitrogens with zero attached hydrogens (tertiary/aromatic N) is 3. The Bertz CT molecular complexity index is 1010. The second-order valence-corrected chi connectivity index (χ2v) is 9.10. The number of aliphatic hydroxyl groups excluding tert-OH is 2. The van der Waals surface area contributed by atoms with Gasteiger partial charge in [-0.05, 0) is 43.4 Å². The summed E-state index contributed by atoms with van der Waals surface area (Å²) < 4.78 is 26.4. The molecule has 5 rings (SSSR count). The Hall–Kier alpha value is -2.75. The first-order valence-corrected chi connectivity index (χ1v) is 11.4. The number of dihydropyridines is 1. The van der Waals surface area contributed by atoms with E-state index in [9.17, 15) is 10.2 Å². The van der Waals surface area contributed by atoms with Crippen molar-refractivity contribution in [1.29, 1.82) is 0 Å². The van der Waals surface area contributed by atoms with E-state index < -0.39 is 18.1 Å². The largest absolute Gasteiger partial charge is 0.493 e. The summed E-state index contributed by atoms with van der Waals surface area (Å²) in [5.74, 6) is 0.573. The van der Waals surface area contributed by atoms with Gasteiger partial charge in [0.2, 0.25) is 5.82 Å². The SMILES string of the molecule is COc1c(CC2=CC=C(N3C=CN(C)C3)NC2)cc2c(c1F)OCN([C@H]1CCC[C@@H]1O)C2O. The van der Waals surface area contributed by atoms with Crippen LogP contribution in [0.4, 0.5) is 4.39 Å². The van der Waals surface area contributed by atoms with Gasteiger partial charge in [0, 0.05) is 43.2 Å². The van der Waals surface area contributed by atoms with Crippen LogP contribution in [0.3, 0.4) is 0 Å². The van der Waals surface area contributed by atoms with E-state index in [-0.39, 0.29) is 24.3 Å². The highest BCUT2D eigenvalue weighted by Crippen LogP contribution is 2.43. The third-order valence-corrected chi connectivity index (χ3v) is 6.88. The molecule has 0 spiro atoms. The van der Waals surface area contributed by atoms with E-state index in [4.69, 9.17) is 9.47 Å². The summed E-state index contributed by atoms with van der Waals surface area (Å²) >= 11 is 0. The predicted molar refractivity (Wildman–Crippen MR) is 120 cm³/mol. The van der Waals surface area contributed by atoms with Crippen LogP contribution < -0.4 is 14.8 Å². The molecule has 9 heteroatoms. The lowest BCUT2D eigenvalue weighted by Gasteiger charge is -2.39. The molecule has 1 unspecified atom stereocenters. The minimum absolute atomic E-state index is 0.0229. The monoisotopic (exact) mass is 458 g/mol. The number of nitrogens with one attached hydrogen (secondary N) is 1. The van der Waals surface area contributed by atoms with Crippen molar-refractivity contribution in [3.05, 3.63) is 59.0 Å². The molecule has 0 amide bonds. The van der Waals surface area contributed by atoms with Gasteiger partial charge in [-0.25, -0.2) is 4.90 Å². The Morgan fingerprint density at radius 3 is 2.73 bits per heavy atom. The molecular formula is C24H31FN4O4. The molecule has 0 saturated heterocycles. The lowest BCUT2D eigenvalue weighted by molar-refractivity contribution is -0.106. The van der Waals surface area contributed by atoms with Crippen LogP contribution in [0.25, 0.3) is 0 Å². The summed E-state index contributed by atoms with van der Waals surface area (Å²) in [4.78, 5) is 5.92. The van der Waals surface area contributed by atoms with Crippen LogP contribution in [0.1, 0.15) is 36.6 Å². The number of benzene rings is 1. The van der Waals surface area contributed by atoms with Gasteiger partial charge in [0.25, 0.3) is 0 Å². The van der Waals surface area contributed by atoms with Crippen LogP contribution in [0.2, 0.25) is 0 Å². The fraction of sp³-hybridized carbons (Fsp3) is 0.500. The average Bonchev–Trinajstić information content (AvgIpc) is 3.43. The second-order valence-electron chi connectivity index (χ2n) is 9.10. The lowest BCUT2D eigenvalue weighted by atomic mass is 9.97. The molecule has 1 aliphatic carbocycles. The molecule has 3 atom stereocenters. The molecule has 178 valence electrons. The molecule has 0 aromatic heterocycles. The first-order chi connectivity index (χ1) is 16.0. The van der Waals surface area contributed by atoms with Crippen LogP contribution in [-0.2, 0) is 6.42 Å². The number of hydrogen-bond donors (Lipinski definition) is 3. The predicted octanol–water partition coefficient (Wildman–Crippen LogP) is 1.98. The summed E-state index contributed by atoms with van der Waals surface area (Å²) in [5, 5.41) is 24.8. The Morgan fingerprint density at radius 1 is 1.24 bits per heavy atom. The number of aliphatic hydroxyl groups is 2. The number of rotatable bonds is 5.